The fourth-order valence-corrected chi connectivity index (χ4v) is 8.60. The summed E-state index contributed by atoms with van der Waals surface area (Å²) in [5.41, 5.74) is 4.92. The van der Waals surface area contributed by atoms with Crippen molar-refractivity contribution in [1.82, 2.24) is 14.7 Å². The number of hydrogen-bond acceptors (Lipinski definition) is 10. The van der Waals surface area contributed by atoms with Crippen LogP contribution in [-0.4, -0.2) is 82.3 Å². The molecule has 0 aromatic heterocycles. The third-order valence-electron chi connectivity index (χ3n) is 10.5. The van der Waals surface area contributed by atoms with E-state index >= 15 is 0 Å². The third-order valence-corrected chi connectivity index (χ3v) is 10.5. The van der Waals surface area contributed by atoms with E-state index in [-0.39, 0.29) is 81.0 Å². The van der Waals surface area contributed by atoms with Gasteiger partial charge in [0.25, 0.3) is 11.8 Å². The summed E-state index contributed by atoms with van der Waals surface area (Å²) in [5.74, 6) is 0.583. The van der Waals surface area contributed by atoms with Gasteiger partial charge in [0.05, 0.1) is 36.4 Å². The Hall–Kier alpha value is -3.35. The Morgan fingerprint density at radius 3 is 2.33 bits per heavy atom. The second kappa shape index (κ2) is 11.1. The van der Waals surface area contributed by atoms with Crippen molar-refractivity contribution < 1.29 is 78.1 Å². The van der Waals surface area contributed by atoms with Crippen LogP contribution in [-0.2, 0) is 12.8 Å². The normalized spacial score (nSPS) is 25.6. The molecule has 0 saturated carbocycles. The van der Waals surface area contributed by atoms with Crippen molar-refractivity contribution in [1.29, 1.82) is 5.26 Å². The Bertz CT molecular complexity index is 1860. The quantitative estimate of drug-likeness (QED) is 0.378. The summed E-state index contributed by atoms with van der Waals surface area (Å²) in [6, 6.07) is 8.91. The van der Waals surface area contributed by atoms with E-state index in [1.807, 2.05) is 20.0 Å². The number of carbonyl (C=O) groups excluding carboxylic acids is 2. The summed E-state index contributed by atoms with van der Waals surface area (Å²) in [7, 11) is 3.49. The number of phenols is 2. The topological polar surface area (TPSA) is 136 Å². The van der Waals surface area contributed by atoms with Crippen molar-refractivity contribution in [2.24, 2.45) is 0 Å². The fourth-order valence-electron chi connectivity index (χ4n) is 8.60. The molecule has 0 aliphatic carbocycles. The van der Waals surface area contributed by atoms with Crippen LogP contribution < -0.4 is 14.2 Å². The Morgan fingerprint density at radius 1 is 1.00 bits per heavy atom. The van der Waals surface area contributed by atoms with Gasteiger partial charge in [-0.1, -0.05) is 18.2 Å². The zero-order chi connectivity index (χ0) is 31.5. The molecule has 1 fully saturated rings. The molecule has 3 aromatic rings. The first kappa shape index (κ1) is 31.3. The van der Waals surface area contributed by atoms with Crippen LogP contribution in [0.3, 0.4) is 0 Å². The van der Waals surface area contributed by atoms with Gasteiger partial charge in [-0.15, -0.1) is 0 Å². The number of aryl methyl sites for hydroxylation is 1. The molecular weight excluding hydrogens is 803 g/mol. The van der Waals surface area contributed by atoms with Crippen LogP contribution in [0.2, 0.25) is 0 Å². The molecule has 12 heteroatoms. The number of aromatic hydroxyl groups is 2. The minimum Gasteiger partial charge on any atom is -0.507 e. The number of ether oxygens (including phenoxy) is 3. The van der Waals surface area contributed by atoms with E-state index in [9.17, 15) is 25.1 Å². The van der Waals surface area contributed by atoms with E-state index in [2.05, 4.69) is 15.9 Å². The second-order valence-electron chi connectivity index (χ2n) is 12.5. The number of fused-ring (bicyclic) bond motifs is 10. The van der Waals surface area contributed by atoms with Crippen molar-refractivity contribution in [2.75, 3.05) is 27.5 Å². The minimum atomic E-state index is -0.706. The molecule has 1 unspecified atom stereocenters. The SMILES string of the molecule is COc1c(C)cc2c(c1O)[C@@H]1C3Cc4c(O)c(C)c5c(c4[C@H](CN4C(=O)c6ccccc6C4=O)N3[C@@H](C#N)[C@H](C2)N1C)OCO5.[Ac]. The van der Waals surface area contributed by atoms with Crippen molar-refractivity contribution in [2.45, 2.75) is 56.9 Å². The van der Waals surface area contributed by atoms with Gasteiger partial charge in [-0.05, 0) is 57.0 Å². The Labute approximate surface area is 301 Å². The standard InChI is InChI=1S/C34H32N4O7.Ac/c1-15-9-17-10-21-23(12-35)38-22(27(36(21)3)25(17)29(40)30(15)43-4)11-20-26(32-31(44-14-45-32)16(2)28(20)39)24(38)13-37-33(41)18-7-5-6-8-19(18)34(37)42;/h5-9,21-24,27,39-40H,10-11,13-14H2,1-4H3;/t21-,22?,23-,24-,27-;/m0./s1. The van der Waals surface area contributed by atoms with Gasteiger partial charge in [0.15, 0.2) is 23.0 Å². The van der Waals surface area contributed by atoms with Gasteiger partial charge in [0.1, 0.15) is 11.8 Å². The number of nitriles is 1. The summed E-state index contributed by atoms with van der Waals surface area (Å²) < 4.78 is 17.4. The monoisotopic (exact) mass is 835 g/mol. The maximum absolute atomic E-state index is 13.7. The molecule has 1 saturated heterocycles. The molecule has 5 heterocycles. The molecule has 8 rings (SSSR count). The summed E-state index contributed by atoms with van der Waals surface area (Å²) in [4.78, 5) is 32.8. The maximum Gasteiger partial charge on any atom is 0.261 e. The van der Waals surface area contributed by atoms with Crippen LogP contribution in [0.4, 0.5) is 0 Å². The van der Waals surface area contributed by atoms with Crippen LogP contribution >= 0.6 is 0 Å². The third kappa shape index (κ3) is 4.05. The predicted molar refractivity (Wildman–Crippen MR) is 160 cm³/mol. The van der Waals surface area contributed by atoms with Crippen LogP contribution in [0.15, 0.2) is 30.3 Å². The average molecular weight is 836 g/mol. The van der Waals surface area contributed by atoms with Crippen LogP contribution in [0.25, 0.3) is 0 Å². The first-order valence-corrected chi connectivity index (χ1v) is 15.0. The van der Waals surface area contributed by atoms with E-state index in [0.717, 1.165) is 16.7 Å². The molecule has 3 aromatic carbocycles. The van der Waals surface area contributed by atoms with E-state index < -0.39 is 29.9 Å². The predicted octanol–water partition coefficient (Wildman–Crippen LogP) is 3.52. The first-order valence-electron chi connectivity index (χ1n) is 15.0. The minimum absolute atomic E-state index is 0. The molecule has 11 nitrogen and oxygen atoms in total. The molecule has 233 valence electrons. The number of methoxy groups -OCH3 is 1. The molecular formula is C34H32AcN4O7. The summed E-state index contributed by atoms with van der Waals surface area (Å²) in [6.45, 7) is 3.56. The van der Waals surface area contributed by atoms with E-state index in [4.69, 9.17) is 14.2 Å². The molecule has 1 radical (unpaired) electrons. The van der Waals surface area contributed by atoms with Gasteiger partial charge in [0.2, 0.25) is 6.79 Å². The zero-order valence-corrected chi connectivity index (χ0v) is 30.6. The van der Waals surface area contributed by atoms with E-state index in [0.29, 0.717) is 57.9 Å². The number of phenolic OH excluding ortho intramolecular Hbond substituents is 2. The number of amides is 2. The molecule has 2 N–H and O–H groups in total. The number of hydrogen-bond donors (Lipinski definition) is 2. The van der Waals surface area contributed by atoms with E-state index in [1.165, 1.54) is 12.0 Å². The Kier molecular flexibility index (Phi) is 7.56. The summed E-state index contributed by atoms with van der Waals surface area (Å²) in [6.07, 6.45) is 0.831. The van der Waals surface area contributed by atoms with Gasteiger partial charge < -0.3 is 24.4 Å². The number of rotatable bonds is 3. The molecule has 0 spiro atoms. The number of carbonyl (C=O) groups is 2. The Balaban J connectivity index is 0.00000338. The number of likely N-dealkylation sites (N-methyl/N-ethyl adjacent to an activating group) is 1. The second-order valence-corrected chi connectivity index (χ2v) is 12.5. The van der Waals surface area contributed by atoms with E-state index in [1.54, 1.807) is 31.2 Å². The molecule has 5 aliphatic heterocycles. The van der Waals surface area contributed by atoms with Gasteiger partial charge in [-0.25, -0.2) is 0 Å². The van der Waals surface area contributed by atoms with Gasteiger partial charge in [0, 0.05) is 84.9 Å². The fraction of sp³-hybridized carbons (Fsp3) is 0.382. The van der Waals surface area contributed by atoms with Crippen LogP contribution in [0.5, 0.6) is 28.7 Å². The Morgan fingerprint density at radius 2 is 1.67 bits per heavy atom. The first-order chi connectivity index (χ1) is 21.7. The number of piperazine rings is 1. The summed E-state index contributed by atoms with van der Waals surface area (Å²) >= 11 is 0. The number of benzene rings is 3. The van der Waals surface area contributed by atoms with Crippen molar-refractivity contribution in [3.05, 3.63) is 74.8 Å². The number of imide groups is 1. The summed E-state index contributed by atoms with van der Waals surface area (Å²) in [5, 5.41) is 34.1. The van der Waals surface area contributed by atoms with Crippen LogP contribution in [0, 0.1) is 69.2 Å². The van der Waals surface area contributed by atoms with Crippen molar-refractivity contribution in [3.8, 4) is 34.8 Å². The molecule has 2 bridgehead atoms. The average Bonchev–Trinajstić information content (AvgIpc) is 3.60. The van der Waals surface area contributed by atoms with Crippen molar-refractivity contribution >= 4 is 11.8 Å². The van der Waals surface area contributed by atoms with Crippen LogP contribution in [0.1, 0.15) is 66.2 Å². The zero-order valence-electron chi connectivity index (χ0n) is 25.9. The van der Waals surface area contributed by atoms with Gasteiger partial charge in [-0.2, -0.15) is 5.26 Å². The van der Waals surface area contributed by atoms with Crippen molar-refractivity contribution in [3.63, 3.8) is 0 Å². The van der Waals surface area contributed by atoms with Gasteiger partial charge in [-0.3, -0.25) is 24.3 Å². The number of nitrogens with zero attached hydrogens (tertiary/aromatic N) is 4. The molecule has 5 aliphatic rings. The molecule has 2 amide bonds. The van der Waals surface area contributed by atoms with Gasteiger partial charge >= 0.3 is 0 Å². The molecule has 5 atom stereocenters. The maximum atomic E-state index is 13.7. The molecule has 46 heavy (non-hydrogen) atoms. The smallest absolute Gasteiger partial charge is 0.261 e. The largest absolute Gasteiger partial charge is 0.507 e.